The van der Waals surface area contributed by atoms with E-state index < -0.39 is 12.3 Å². The molecule has 0 radical (unpaired) electrons. The van der Waals surface area contributed by atoms with Crippen LogP contribution in [0.1, 0.15) is 36.8 Å². The minimum atomic E-state index is -4.79. The molecule has 1 aliphatic heterocycles. The number of aromatic amines is 1. The molecule has 1 atom stereocenters. The molecule has 0 saturated carbocycles. The molecule has 10 heteroatoms. The first-order valence-corrected chi connectivity index (χ1v) is 9.18. The number of carbonyl (C=O) groups is 1. The quantitative estimate of drug-likeness (QED) is 0.592. The molecule has 2 heterocycles. The second kappa shape index (κ2) is 7.63. The SMILES string of the molecule is CCCSc1nc2c(c(=O)[nH]1)C(c1ccc(OC(F)(F)F)cc1)CC(=O)N2. The highest BCUT2D eigenvalue weighted by molar-refractivity contribution is 7.99. The van der Waals surface area contributed by atoms with Crippen LogP contribution in [0.25, 0.3) is 0 Å². The van der Waals surface area contributed by atoms with Crippen LogP contribution in [0, 0.1) is 0 Å². The lowest BCUT2D eigenvalue weighted by Gasteiger charge is -2.24. The third-order valence-electron chi connectivity index (χ3n) is 3.89. The number of hydrogen-bond acceptors (Lipinski definition) is 5. The van der Waals surface area contributed by atoms with Gasteiger partial charge in [-0.1, -0.05) is 30.8 Å². The molecule has 2 N–H and O–H groups in total. The van der Waals surface area contributed by atoms with Gasteiger partial charge in [0.2, 0.25) is 5.91 Å². The second-order valence-electron chi connectivity index (χ2n) is 5.90. The van der Waals surface area contributed by atoms with Gasteiger partial charge in [-0.2, -0.15) is 0 Å². The molecule has 3 rings (SSSR count). The van der Waals surface area contributed by atoms with Crippen LogP contribution in [0.4, 0.5) is 19.0 Å². The van der Waals surface area contributed by atoms with Crippen LogP contribution in [0.15, 0.2) is 34.2 Å². The number of thioether (sulfide) groups is 1. The van der Waals surface area contributed by atoms with Crippen molar-refractivity contribution < 1.29 is 22.7 Å². The molecule has 0 fully saturated rings. The lowest BCUT2D eigenvalue weighted by atomic mass is 9.87. The van der Waals surface area contributed by atoms with Crippen molar-refractivity contribution in [1.29, 1.82) is 0 Å². The van der Waals surface area contributed by atoms with Crippen LogP contribution in [-0.4, -0.2) is 28.0 Å². The summed E-state index contributed by atoms with van der Waals surface area (Å²) in [5.74, 6) is -0.332. The number of fused-ring (bicyclic) bond motifs is 1. The van der Waals surface area contributed by atoms with Gasteiger partial charge in [-0.05, 0) is 24.1 Å². The van der Waals surface area contributed by atoms with Crippen LogP contribution < -0.4 is 15.6 Å². The summed E-state index contributed by atoms with van der Waals surface area (Å²) in [6, 6.07) is 5.13. The number of rotatable bonds is 5. The largest absolute Gasteiger partial charge is 0.573 e. The van der Waals surface area contributed by atoms with Gasteiger partial charge in [-0.15, -0.1) is 13.2 Å². The summed E-state index contributed by atoms with van der Waals surface area (Å²) < 4.78 is 40.7. The topological polar surface area (TPSA) is 84.1 Å². The Bertz CT molecular complexity index is 897. The number of halogens is 3. The first-order valence-electron chi connectivity index (χ1n) is 8.19. The fourth-order valence-corrected chi connectivity index (χ4v) is 3.52. The normalized spacial score (nSPS) is 16.6. The molecule has 27 heavy (non-hydrogen) atoms. The van der Waals surface area contributed by atoms with Crippen molar-refractivity contribution in [3.05, 3.63) is 45.7 Å². The number of nitrogens with zero attached hydrogens (tertiary/aromatic N) is 1. The van der Waals surface area contributed by atoms with Crippen LogP contribution in [0.3, 0.4) is 0 Å². The molecule has 0 aliphatic carbocycles. The molecule has 0 spiro atoms. The first kappa shape index (κ1) is 19.3. The summed E-state index contributed by atoms with van der Waals surface area (Å²) in [5, 5.41) is 3.02. The van der Waals surface area contributed by atoms with Gasteiger partial charge in [0.05, 0.1) is 5.56 Å². The minimum Gasteiger partial charge on any atom is -0.406 e. The lowest BCUT2D eigenvalue weighted by molar-refractivity contribution is -0.274. The Kier molecular flexibility index (Phi) is 5.45. The molecule has 6 nitrogen and oxygen atoms in total. The number of hydrogen-bond donors (Lipinski definition) is 2. The summed E-state index contributed by atoms with van der Waals surface area (Å²) in [5.41, 5.74) is 0.445. The Morgan fingerprint density at radius 2 is 1.96 bits per heavy atom. The van der Waals surface area contributed by atoms with E-state index in [2.05, 4.69) is 20.0 Å². The molecule has 144 valence electrons. The Balaban J connectivity index is 1.94. The van der Waals surface area contributed by atoms with E-state index in [1.54, 1.807) is 0 Å². The van der Waals surface area contributed by atoms with Crippen LogP contribution in [0.2, 0.25) is 0 Å². The van der Waals surface area contributed by atoms with Gasteiger partial charge in [0.25, 0.3) is 5.56 Å². The van der Waals surface area contributed by atoms with E-state index in [-0.39, 0.29) is 29.5 Å². The molecule has 2 aromatic rings. The van der Waals surface area contributed by atoms with E-state index in [1.165, 1.54) is 23.9 Å². The molecule has 1 aromatic carbocycles. The highest BCUT2D eigenvalue weighted by Gasteiger charge is 2.33. The Morgan fingerprint density at radius 1 is 1.26 bits per heavy atom. The van der Waals surface area contributed by atoms with Crippen molar-refractivity contribution in [3.8, 4) is 5.75 Å². The van der Waals surface area contributed by atoms with E-state index in [9.17, 15) is 22.8 Å². The predicted molar refractivity (Wildman–Crippen MR) is 94.1 cm³/mol. The number of alkyl halides is 3. The summed E-state index contributed by atoms with van der Waals surface area (Å²) in [6.07, 6.45) is -3.89. The van der Waals surface area contributed by atoms with Crippen molar-refractivity contribution in [2.45, 2.75) is 37.2 Å². The summed E-state index contributed by atoms with van der Waals surface area (Å²) in [7, 11) is 0. The van der Waals surface area contributed by atoms with Crippen molar-refractivity contribution >= 4 is 23.5 Å². The highest BCUT2D eigenvalue weighted by atomic mass is 32.2. The molecule has 1 aromatic heterocycles. The van der Waals surface area contributed by atoms with E-state index >= 15 is 0 Å². The molecule has 1 aliphatic rings. The minimum absolute atomic E-state index is 0.00131. The Labute approximate surface area is 156 Å². The average molecular weight is 399 g/mol. The van der Waals surface area contributed by atoms with Gasteiger partial charge in [0, 0.05) is 18.1 Å². The van der Waals surface area contributed by atoms with Crippen molar-refractivity contribution in [1.82, 2.24) is 9.97 Å². The predicted octanol–water partition coefficient (Wildman–Crippen LogP) is 3.64. The van der Waals surface area contributed by atoms with Crippen molar-refractivity contribution in [2.75, 3.05) is 11.1 Å². The highest BCUT2D eigenvalue weighted by Crippen LogP contribution is 2.35. The van der Waals surface area contributed by atoms with Crippen molar-refractivity contribution in [3.63, 3.8) is 0 Å². The van der Waals surface area contributed by atoms with Gasteiger partial charge >= 0.3 is 6.36 Å². The fourth-order valence-electron chi connectivity index (χ4n) is 2.80. The van der Waals surface area contributed by atoms with Crippen LogP contribution >= 0.6 is 11.8 Å². The maximum absolute atomic E-state index is 12.6. The van der Waals surface area contributed by atoms with Crippen LogP contribution in [0.5, 0.6) is 5.75 Å². The number of amides is 1. The number of anilines is 1. The van der Waals surface area contributed by atoms with Gasteiger partial charge < -0.3 is 15.0 Å². The smallest absolute Gasteiger partial charge is 0.406 e. The maximum atomic E-state index is 12.6. The summed E-state index contributed by atoms with van der Waals surface area (Å²) in [6.45, 7) is 1.99. The molecule has 0 saturated heterocycles. The number of H-pyrrole nitrogens is 1. The zero-order valence-corrected chi connectivity index (χ0v) is 15.0. The van der Waals surface area contributed by atoms with E-state index in [0.29, 0.717) is 16.3 Å². The zero-order valence-electron chi connectivity index (χ0n) is 14.2. The first-order chi connectivity index (χ1) is 12.8. The number of benzene rings is 1. The summed E-state index contributed by atoms with van der Waals surface area (Å²) in [4.78, 5) is 31.6. The molecule has 0 bridgehead atoms. The van der Waals surface area contributed by atoms with Crippen LogP contribution in [-0.2, 0) is 4.79 Å². The van der Waals surface area contributed by atoms with E-state index in [4.69, 9.17) is 0 Å². The average Bonchev–Trinajstić information content (AvgIpc) is 2.58. The Hall–Kier alpha value is -2.49. The lowest BCUT2D eigenvalue weighted by Crippen LogP contribution is -2.31. The van der Waals surface area contributed by atoms with Gasteiger partial charge in [0.1, 0.15) is 11.6 Å². The fraction of sp³-hybridized carbons (Fsp3) is 0.353. The van der Waals surface area contributed by atoms with E-state index in [1.807, 2.05) is 6.92 Å². The maximum Gasteiger partial charge on any atom is 0.573 e. The van der Waals surface area contributed by atoms with Crippen molar-refractivity contribution in [2.24, 2.45) is 0 Å². The third-order valence-corrected chi connectivity index (χ3v) is 4.97. The summed E-state index contributed by atoms with van der Waals surface area (Å²) >= 11 is 1.37. The van der Waals surface area contributed by atoms with Gasteiger partial charge in [0.15, 0.2) is 5.16 Å². The molecular weight excluding hydrogens is 383 g/mol. The van der Waals surface area contributed by atoms with E-state index in [0.717, 1.165) is 24.3 Å². The Morgan fingerprint density at radius 3 is 2.59 bits per heavy atom. The van der Waals surface area contributed by atoms with Gasteiger partial charge in [-0.25, -0.2) is 4.98 Å². The molecular formula is C17H16F3N3O3S. The monoisotopic (exact) mass is 399 g/mol. The molecule has 1 unspecified atom stereocenters. The standard InChI is InChI=1S/C17H16F3N3O3S/c1-2-7-27-16-22-14-13(15(25)23-16)11(8-12(24)21-14)9-3-5-10(6-4-9)26-17(18,19)20/h3-6,11H,2,7-8H2,1H3,(H2,21,22,23,24,25). The third kappa shape index (κ3) is 4.62. The van der Waals surface area contributed by atoms with Gasteiger partial charge in [-0.3, -0.25) is 9.59 Å². The number of ether oxygens (including phenoxy) is 1. The number of carbonyl (C=O) groups excluding carboxylic acids is 1. The number of aromatic nitrogens is 2. The zero-order chi connectivity index (χ0) is 19.6. The number of nitrogens with one attached hydrogen (secondary N) is 2. The molecule has 1 amide bonds. The second-order valence-corrected chi connectivity index (χ2v) is 6.99.